The Kier molecular flexibility index (Phi) is 4.48. The maximum Gasteiger partial charge on any atom is 0.275 e. The van der Waals surface area contributed by atoms with E-state index >= 15 is 0 Å². The average molecular weight is 343 g/mol. The summed E-state index contributed by atoms with van der Waals surface area (Å²) in [6, 6.07) is 10.6. The summed E-state index contributed by atoms with van der Waals surface area (Å²) in [5.74, 6) is 0.600. The van der Waals surface area contributed by atoms with Gasteiger partial charge in [0.25, 0.3) is 5.91 Å². The molecule has 2 heterocycles. The molecular weight excluding hydrogens is 328 g/mol. The van der Waals surface area contributed by atoms with E-state index in [1.54, 1.807) is 31.3 Å². The Hall–Kier alpha value is -2.86. The summed E-state index contributed by atoms with van der Waals surface area (Å²) in [6.07, 6.45) is 1.56. The first-order chi connectivity index (χ1) is 11.5. The van der Waals surface area contributed by atoms with Gasteiger partial charge in [-0.1, -0.05) is 22.8 Å². The minimum Gasteiger partial charge on any atom is -0.360 e. The second-order valence-corrected chi connectivity index (χ2v) is 5.73. The highest BCUT2D eigenvalue weighted by Gasteiger charge is 2.11. The predicted octanol–water partition coefficient (Wildman–Crippen LogP) is 4.34. The number of carbonyl (C=O) groups excluding carboxylic acids is 1. The number of nitrogens with one attached hydrogen (secondary N) is 2. The lowest BCUT2D eigenvalue weighted by Gasteiger charge is -2.10. The molecule has 0 atom stereocenters. The summed E-state index contributed by atoms with van der Waals surface area (Å²) in [5.41, 5.74) is 2.91. The molecule has 2 N–H and O–H groups in total. The van der Waals surface area contributed by atoms with Gasteiger partial charge in [-0.2, -0.15) is 0 Å². The number of aromatic nitrogens is 2. The van der Waals surface area contributed by atoms with Crippen molar-refractivity contribution >= 4 is 34.7 Å². The summed E-state index contributed by atoms with van der Waals surface area (Å²) in [4.78, 5) is 16.3. The molecule has 1 amide bonds. The van der Waals surface area contributed by atoms with E-state index in [-0.39, 0.29) is 11.6 Å². The van der Waals surface area contributed by atoms with Gasteiger partial charge in [-0.3, -0.25) is 9.78 Å². The van der Waals surface area contributed by atoms with Crippen LogP contribution in [0.25, 0.3) is 0 Å². The summed E-state index contributed by atoms with van der Waals surface area (Å²) < 4.78 is 4.92. The van der Waals surface area contributed by atoms with Crippen LogP contribution in [-0.4, -0.2) is 16.0 Å². The van der Waals surface area contributed by atoms with Crippen LogP contribution in [0.4, 0.5) is 17.2 Å². The summed E-state index contributed by atoms with van der Waals surface area (Å²) in [5, 5.41) is 10.2. The summed E-state index contributed by atoms with van der Waals surface area (Å²) in [7, 11) is 0. The Balaban J connectivity index is 1.78. The van der Waals surface area contributed by atoms with Crippen LogP contribution in [0.15, 0.2) is 47.1 Å². The Labute approximate surface area is 143 Å². The van der Waals surface area contributed by atoms with Gasteiger partial charge in [0.2, 0.25) is 0 Å². The number of rotatable bonds is 4. The van der Waals surface area contributed by atoms with Crippen LogP contribution < -0.4 is 10.6 Å². The fraction of sp³-hybridized carbons (Fsp3) is 0.118. The molecular formula is C17H15ClN4O2. The van der Waals surface area contributed by atoms with Crippen LogP contribution in [-0.2, 0) is 0 Å². The van der Waals surface area contributed by atoms with Gasteiger partial charge in [-0.25, -0.2) is 0 Å². The molecule has 122 valence electrons. The molecule has 0 bridgehead atoms. The second-order valence-electron chi connectivity index (χ2n) is 5.29. The number of hydrogen-bond acceptors (Lipinski definition) is 5. The fourth-order valence-electron chi connectivity index (χ4n) is 2.12. The molecule has 2 aromatic heterocycles. The Morgan fingerprint density at radius 2 is 2.00 bits per heavy atom. The molecule has 0 saturated carbocycles. The summed E-state index contributed by atoms with van der Waals surface area (Å²) >= 11 is 6.02. The van der Waals surface area contributed by atoms with Crippen molar-refractivity contribution in [3.8, 4) is 0 Å². The van der Waals surface area contributed by atoms with Crippen LogP contribution in [0.3, 0.4) is 0 Å². The highest BCUT2D eigenvalue weighted by atomic mass is 35.5. The van der Waals surface area contributed by atoms with Crippen molar-refractivity contribution in [1.82, 2.24) is 10.1 Å². The lowest BCUT2D eigenvalue weighted by atomic mass is 10.2. The average Bonchev–Trinajstić information content (AvgIpc) is 2.96. The largest absolute Gasteiger partial charge is 0.360 e. The van der Waals surface area contributed by atoms with E-state index in [9.17, 15) is 4.79 Å². The minimum atomic E-state index is -0.366. The van der Waals surface area contributed by atoms with Gasteiger partial charge < -0.3 is 15.2 Å². The zero-order valence-corrected chi connectivity index (χ0v) is 13.9. The van der Waals surface area contributed by atoms with Crippen molar-refractivity contribution < 1.29 is 9.32 Å². The van der Waals surface area contributed by atoms with E-state index in [4.69, 9.17) is 16.1 Å². The topological polar surface area (TPSA) is 80.0 Å². The zero-order chi connectivity index (χ0) is 17.1. The van der Waals surface area contributed by atoms with Crippen molar-refractivity contribution in [3.63, 3.8) is 0 Å². The highest BCUT2D eigenvalue weighted by molar-refractivity contribution is 6.30. The van der Waals surface area contributed by atoms with Gasteiger partial charge in [-0.05, 0) is 43.7 Å². The van der Waals surface area contributed by atoms with Gasteiger partial charge in [0.15, 0.2) is 5.82 Å². The predicted molar refractivity (Wildman–Crippen MR) is 92.9 cm³/mol. The monoisotopic (exact) mass is 342 g/mol. The number of aryl methyl sites for hydroxylation is 2. The van der Waals surface area contributed by atoms with Crippen molar-refractivity contribution in [2.24, 2.45) is 0 Å². The Morgan fingerprint density at radius 1 is 1.17 bits per heavy atom. The highest BCUT2D eigenvalue weighted by Crippen LogP contribution is 2.24. The van der Waals surface area contributed by atoms with Crippen LogP contribution in [0, 0.1) is 13.8 Å². The molecule has 0 radical (unpaired) electrons. The lowest BCUT2D eigenvalue weighted by Crippen LogP contribution is -2.14. The third-order valence-electron chi connectivity index (χ3n) is 3.34. The Morgan fingerprint density at radius 3 is 2.75 bits per heavy atom. The molecule has 0 fully saturated rings. The number of pyridine rings is 1. The first-order valence-electron chi connectivity index (χ1n) is 7.25. The molecule has 0 aliphatic carbocycles. The second kappa shape index (κ2) is 6.72. The molecule has 0 unspecified atom stereocenters. The maximum absolute atomic E-state index is 12.2. The van der Waals surface area contributed by atoms with Gasteiger partial charge in [0, 0.05) is 28.7 Å². The molecule has 0 spiro atoms. The molecule has 7 heteroatoms. The van der Waals surface area contributed by atoms with Gasteiger partial charge in [0.1, 0.15) is 11.5 Å². The first kappa shape index (κ1) is 16.0. The van der Waals surface area contributed by atoms with Crippen molar-refractivity contribution in [2.75, 3.05) is 10.6 Å². The van der Waals surface area contributed by atoms with Crippen LogP contribution in [0.5, 0.6) is 0 Å². The molecule has 0 saturated heterocycles. The molecule has 1 aromatic carbocycles. The number of anilines is 3. The van der Waals surface area contributed by atoms with Crippen molar-refractivity contribution in [3.05, 3.63) is 64.6 Å². The van der Waals surface area contributed by atoms with E-state index in [1.165, 1.54) is 0 Å². The first-order valence-corrected chi connectivity index (χ1v) is 7.63. The number of nitrogens with zero attached hydrogens (tertiary/aromatic N) is 2. The molecule has 3 rings (SSSR count). The summed E-state index contributed by atoms with van der Waals surface area (Å²) in [6.45, 7) is 3.72. The van der Waals surface area contributed by atoms with E-state index in [1.807, 2.05) is 25.1 Å². The van der Waals surface area contributed by atoms with Gasteiger partial charge in [-0.15, -0.1) is 0 Å². The van der Waals surface area contributed by atoms with Crippen LogP contribution >= 0.6 is 11.6 Å². The smallest absolute Gasteiger partial charge is 0.275 e. The number of carbonyl (C=O) groups is 1. The molecule has 6 nitrogen and oxygen atoms in total. The number of hydrogen-bond donors (Lipinski definition) is 2. The fourth-order valence-corrected chi connectivity index (χ4v) is 2.29. The minimum absolute atomic E-state index is 0.264. The lowest BCUT2D eigenvalue weighted by molar-refractivity contribution is 0.102. The normalized spacial score (nSPS) is 10.5. The van der Waals surface area contributed by atoms with Crippen molar-refractivity contribution in [1.29, 1.82) is 0 Å². The van der Waals surface area contributed by atoms with E-state index in [2.05, 4.69) is 20.8 Å². The SMILES string of the molecule is Cc1cc(NC(=O)c2cc(Nc3cc(Cl)ccc3C)ccn2)no1. The Bertz CT molecular complexity index is 892. The van der Waals surface area contributed by atoms with E-state index in [0.29, 0.717) is 16.6 Å². The molecule has 0 aliphatic heterocycles. The third-order valence-corrected chi connectivity index (χ3v) is 3.58. The maximum atomic E-state index is 12.2. The number of halogens is 1. The number of amides is 1. The molecule has 24 heavy (non-hydrogen) atoms. The van der Waals surface area contributed by atoms with E-state index in [0.717, 1.165) is 16.9 Å². The van der Waals surface area contributed by atoms with Crippen LogP contribution in [0.1, 0.15) is 21.8 Å². The van der Waals surface area contributed by atoms with Gasteiger partial charge in [0.05, 0.1) is 0 Å². The molecule has 3 aromatic rings. The van der Waals surface area contributed by atoms with Crippen molar-refractivity contribution in [2.45, 2.75) is 13.8 Å². The third kappa shape index (κ3) is 3.72. The zero-order valence-electron chi connectivity index (χ0n) is 13.1. The number of benzene rings is 1. The molecule has 0 aliphatic rings. The van der Waals surface area contributed by atoms with E-state index < -0.39 is 0 Å². The van der Waals surface area contributed by atoms with Crippen LogP contribution in [0.2, 0.25) is 5.02 Å². The quantitative estimate of drug-likeness (QED) is 0.737. The van der Waals surface area contributed by atoms with Gasteiger partial charge >= 0.3 is 0 Å². The standard InChI is InChI=1S/C17H15ClN4O2/c1-10-3-4-12(18)8-14(10)20-13-5-6-19-15(9-13)17(23)21-16-7-11(2)24-22-16/h3-9H,1-2H3,(H,19,20)(H,21,22,23).